The number of carbonyl (C=O) groups excluding carboxylic acids is 1. The van der Waals surface area contributed by atoms with Crippen molar-refractivity contribution in [2.75, 3.05) is 0 Å². The standard InChI is InChI=1S/C16H13Cl4NO2/c1-9(23-15-5-3-11(17)7-14(15)20)16(22)21-8-10-2-4-12(18)13(19)6-10/h2-7,9H,8H2,1H3,(H,21,22)/t9-/m0/s1. The zero-order valence-corrected chi connectivity index (χ0v) is 15.1. The summed E-state index contributed by atoms with van der Waals surface area (Å²) in [6.07, 6.45) is -0.712. The van der Waals surface area contributed by atoms with Gasteiger partial charge in [0.1, 0.15) is 5.75 Å². The van der Waals surface area contributed by atoms with Crippen LogP contribution in [0, 0.1) is 0 Å². The van der Waals surface area contributed by atoms with Crippen molar-refractivity contribution in [1.82, 2.24) is 5.32 Å². The highest BCUT2D eigenvalue weighted by Crippen LogP contribution is 2.28. The normalized spacial score (nSPS) is 11.9. The van der Waals surface area contributed by atoms with Crippen LogP contribution in [0.2, 0.25) is 20.1 Å². The lowest BCUT2D eigenvalue weighted by molar-refractivity contribution is -0.127. The summed E-state index contributed by atoms with van der Waals surface area (Å²) in [5.41, 5.74) is 0.837. The first kappa shape index (κ1) is 18.2. The molecule has 0 aliphatic rings. The molecule has 2 aromatic carbocycles. The molecule has 0 bridgehead atoms. The molecule has 0 unspecified atom stereocenters. The van der Waals surface area contributed by atoms with E-state index in [0.717, 1.165) is 5.56 Å². The molecule has 0 saturated carbocycles. The Bertz CT molecular complexity index is 721. The summed E-state index contributed by atoms with van der Waals surface area (Å²) in [7, 11) is 0. The summed E-state index contributed by atoms with van der Waals surface area (Å²) < 4.78 is 5.54. The van der Waals surface area contributed by atoms with Gasteiger partial charge in [0, 0.05) is 11.6 Å². The molecule has 1 N–H and O–H groups in total. The van der Waals surface area contributed by atoms with Crippen LogP contribution in [0.25, 0.3) is 0 Å². The molecule has 1 amide bonds. The Morgan fingerprint density at radius 1 is 1.04 bits per heavy atom. The van der Waals surface area contributed by atoms with E-state index in [2.05, 4.69) is 5.32 Å². The molecule has 0 saturated heterocycles. The van der Waals surface area contributed by atoms with Crippen molar-refractivity contribution in [3.05, 3.63) is 62.1 Å². The molecule has 0 aliphatic carbocycles. The Morgan fingerprint density at radius 3 is 2.43 bits per heavy atom. The first-order chi connectivity index (χ1) is 10.9. The van der Waals surface area contributed by atoms with E-state index in [4.69, 9.17) is 51.1 Å². The summed E-state index contributed by atoms with van der Waals surface area (Å²) >= 11 is 23.6. The lowest BCUT2D eigenvalue weighted by atomic mass is 10.2. The van der Waals surface area contributed by atoms with E-state index in [9.17, 15) is 4.79 Å². The quantitative estimate of drug-likeness (QED) is 0.741. The third-order valence-corrected chi connectivity index (χ3v) is 4.29. The number of nitrogens with one attached hydrogen (secondary N) is 1. The van der Waals surface area contributed by atoms with E-state index in [1.54, 1.807) is 43.3 Å². The van der Waals surface area contributed by atoms with E-state index in [-0.39, 0.29) is 5.91 Å². The van der Waals surface area contributed by atoms with E-state index in [1.165, 1.54) is 0 Å². The van der Waals surface area contributed by atoms with Crippen LogP contribution in [0.1, 0.15) is 12.5 Å². The Kier molecular flexibility index (Phi) is 6.42. The number of benzene rings is 2. The molecule has 122 valence electrons. The Labute approximate surface area is 154 Å². The van der Waals surface area contributed by atoms with Gasteiger partial charge in [-0.25, -0.2) is 0 Å². The van der Waals surface area contributed by atoms with Crippen LogP contribution < -0.4 is 10.1 Å². The van der Waals surface area contributed by atoms with Gasteiger partial charge in [0.2, 0.25) is 0 Å². The van der Waals surface area contributed by atoms with Crippen molar-refractivity contribution >= 4 is 52.3 Å². The minimum atomic E-state index is -0.712. The maximum absolute atomic E-state index is 12.1. The smallest absolute Gasteiger partial charge is 0.261 e. The lowest BCUT2D eigenvalue weighted by Gasteiger charge is -2.16. The molecule has 23 heavy (non-hydrogen) atoms. The number of rotatable bonds is 5. The van der Waals surface area contributed by atoms with Gasteiger partial charge in [-0.1, -0.05) is 52.5 Å². The molecule has 0 aliphatic heterocycles. The summed E-state index contributed by atoms with van der Waals surface area (Å²) in [4.78, 5) is 12.1. The lowest BCUT2D eigenvalue weighted by Crippen LogP contribution is -2.35. The topological polar surface area (TPSA) is 38.3 Å². The van der Waals surface area contributed by atoms with Crippen molar-refractivity contribution in [1.29, 1.82) is 0 Å². The molecule has 0 radical (unpaired) electrons. The molecule has 7 heteroatoms. The Hall–Kier alpha value is -1.13. The van der Waals surface area contributed by atoms with Crippen LogP contribution in [0.5, 0.6) is 5.75 Å². The number of carbonyl (C=O) groups is 1. The van der Waals surface area contributed by atoms with E-state index < -0.39 is 6.10 Å². The first-order valence-corrected chi connectivity index (χ1v) is 8.21. The fourth-order valence-corrected chi connectivity index (χ4v) is 2.57. The van der Waals surface area contributed by atoms with Crippen LogP contribution in [-0.2, 0) is 11.3 Å². The van der Waals surface area contributed by atoms with Crippen molar-refractivity contribution in [2.45, 2.75) is 19.6 Å². The first-order valence-electron chi connectivity index (χ1n) is 6.70. The summed E-state index contributed by atoms with van der Waals surface area (Å²) in [6, 6.07) is 9.98. The molecule has 0 fully saturated rings. The minimum Gasteiger partial charge on any atom is -0.479 e. The van der Waals surface area contributed by atoms with Crippen molar-refractivity contribution in [3.63, 3.8) is 0 Å². The summed E-state index contributed by atoms with van der Waals surface area (Å²) in [5.74, 6) is 0.121. The monoisotopic (exact) mass is 391 g/mol. The number of hydrogen-bond acceptors (Lipinski definition) is 2. The van der Waals surface area contributed by atoms with Crippen LogP contribution in [0.3, 0.4) is 0 Å². The average molecular weight is 393 g/mol. The summed E-state index contributed by atoms with van der Waals surface area (Å²) in [6.45, 7) is 1.95. The number of ether oxygens (including phenoxy) is 1. The van der Waals surface area contributed by atoms with Crippen LogP contribution in [0.4, 0.5) is 0 Å². The van der Waals surface area contributed by atoms with Gasteiger partial charge in [-0.3, -0.25) is 4.79 Å². The second kappa shape index (κ2) is 8.11. The molecule has 1 atom stereocenters. The molecule has 3 nitrogen and oxygen atoms in total. The van der Waals surface area contributed by atoms with E-state index in [1.807, 2.05) is 0 Å². The predicted molar refractivity (Wildman–Crippen MR) is 94.9 cm³/mol. The maximum atomic E-state index is 12.1. The average Bonchev–Trinajstić information content (AvgIpc) is 2.50. The van der Waals surface area contributed by atoms with E-state index in [0.29, 0.717) is 32.4 Å². The van der Waals surface area contributed by atoms with Gasteiger partial charge in [-0.2, -0.15) is 0 Å². The number of hydrogen-bond donors (Lipinski definition) is 1. The maximum Gasteiger partial charge on any atom is 0.261 e. The molecule has 0 heterocycles. The molecular weight excluding hydrogens is 380 g/mol. The van der Waals surface area contributed by atoms with Crippen LogP contribution in [0.15, 0.2) is 36.4 Å². The third-order valence-electron chi connectivity index (χ3n) is 3.02. The minimum absolute atomic E-state index is 0.276. The molecular formula is C16H13Cl4NO2. The fraction of sp³-hybridized carbons (Fsp3) is 0.188. The molecule has 0 spiro atoms. The number of amides is 1. The zero-order chi connectivity index (χ0) is 17.0. The molecule has 2 rings (SSSR count). The Balaban J connectivity index is 1.93. The Morgan fingerprint density at radius 2 is 1.78 bits per heavy atom. The predicted octanol–water partition coefficient (Wildman–Crippen LogP) is 5.38. The van der Waals surface area contributed by atoms with E-state index >= 15 is 0 Å². The third kappa shape index (κ3) is 5.18. The van der Waals surface area contributed by atoms with Gasteiger partial charge in [0.05, 0.1) is 15.1 Å². The molecule has 0 aromatic heterocycles. The van der Waals surface area contributed by atoms with Gasteiger partial charge in [0.25, 0.3) is 5.91 Å². The number of halogens is 4. The zero-order valence-electron chi connectivity index (χ0n) is 12.1. The highest BCUT2D eigenvalue weighted by Gasteiger charge is 2.16. The fourth-order valence-electron chi connectivity index (χ4n) is 1.80. The highest BCUT2D eigenvalue weighted by molar-refractivity contribution is 6.42. The van der Waals surface area contributed by atoms with Gasteiger partial charge in [-0.15, -0.1) is 0 Å². The van der Waals surface area contributed by atoms with Crippen LogP contribution >= 0.6 is 46.4 Å². The highest BCUT2D eigenvalue weighted by atomic mass is 35.5. The van der Waals surface area contributed by atoms with Crippen molar-refractivity contribution in [2.24, 2.45) is 0 Å². The largest absolute Gasteiger partial charge is 0.479 e. The summed E-state index contributed by atoms with van der Waals surface area (Å²) in [5, 5.41) is 4.52. The van der Waals surface area contributed by atoms with Crippen molar-refractivity contribution < 1.29 is 9.53 Å². The second-order valence-electron chi connectivity index (χ2n) is 4.80. The molecule has 2 aromatic rings. The van der Waals surface area contributed by atoms with Gasteiger partial charge >= 0.3 is 0 Å². The SMILES string of the molecule is C[C@H](Oc1ccc(Cl)cc1Cl)C(=O)NCc1ccc(Cl)c(Cl)c1. The van der Waals surface area contributed by atoms with Gasteiger partial charge in [-0.05, 0) is 42.8 Å². The van der Waals surface area contributed by atoms with Crippen LogP contribution in [-0.4, -0.2) is 12.0 Å². The van der Waals surface area contributed by atoms with Crippen molar-refractivity contribution in [3.8, 4) is 5.75 Å². The van der Waals surface area contributed by atoms with Gasteiger partial charge in [0.15, 0.2) is 6.10 Å². The second-order valence-corrected chi connectivity index (χ2v) is 6.46. The van der Waals surface area contributed by atoms with Gasteiger partial charge < -0.3 is 10.1 Å².